The molecule has 2 heterocycles. The third-order valence-corrected chi connectivity index (χ3v) is 6.18. The summed E-state index contributed by atoms with van der Waals surface area (Å²) in [6, 6.07) is 0. The number of aliphatic hydroxyl groups is 1. The molecule has 4 aliphatic rings. The smallest absolute Gasteiger partial charge is 0.111 e. The molecule has 1 N–H and O–H groups in total. The Morgan fingerprint density at radius 1 is 1.52 bits per heavy atom. The maximum atomic E-state index is 10.3. The maximum Gasteiger partial charge on any atom is 0.111 e. The minimum Gasteiger partial charge on any atom is -0.493 e. The highest BCUT2D eigenvalue weighted by molar-refractivity contribution is 5.38. The van der Waals surface area contributed by atoms with E-state index < -0.39 is 0 Å². The third-order valence-electron chi connectivity index (χ3n) is 6.18. The molecular weight excluding hydrogens is 290 g/mol. The molecule has 126 valence electrons. The quantitative estimate of drug-likeness (QED) is 0.812. The molecule has 5 atom stereocenters. The summed E-state index contributed by atoms with van der Waals surface area (Å²) in [5, 5.41) is 12.2. The van der Waals surface area contributed by atoms with Gasteiger partial charge in [-0.15, -0.1) is 6.58 Å². The lowest BCUT2D eigenvalue weighted by Crippen LogP contribution is -2.41. The molecule has 0 aromatic heterocycles. The molecule has 0 bridgehead atoms. The summed E-state index contributed by atoms with van der Waals surface area (Å²) in [6.07, 6.45) is 12.4. The van der Waals surface area contributed by atoms with Crippen LogP contribution in [0, 0.1) is 17.3 Å². The van der Waals surface area contributed by atoms with Gasteiger partial charge in [0.2, 0.25) is 0 Å². The molecule has 23 heavy (non-hydrogen) atoms. The van der Waals surface area contributed by atoms with Gasteiger partial charge in [0.05, 0.1) is 30.9 Å². The molecule has 4 heteroatoms. The Bertz CT molecular complexity index is 555. The first-order chi connectivity index (χ1) is 11.2. The van der Waals surface area contributed by atoms with Crippen molar-refractivity contribution in [3.8, 4) is 0 Å². The summed E-state index contributed by atoms with van der Waals surface area (Å²) < 4.78 is 6.38. The molecule has 4 unspecified atom stereocenters. The lowest BCUT2D eigenvalue weighted by molar-refractivity contribution is -0.0967. The van der Waals surface area contributed by atoms with Crippen molar-refractivity contribution in [1.82, 2.24) is 5.06 Å². The van der Waals surface area contributed by atoms with Gasteiger partial charge in [-0.05, 0) is 43.6 Å². The Morgan fingerprint density at radius 3 is 3.17 bits per heavy atom. The van der Waals surface area contributed by atoms with E-state index in [0.29, 0.717) is 18.3 Å². The van der Waals surface area contributed by atoms with E-state index in [0.717, 1.165) is 38.0 Å². The van der Waals surface area contributed by atoms with Gasteiger partial charge in [0, 0.05) is 18.5 Å². The second-order valence-corrected chi connectivity index (χ2v) is 7.54. The molecule has 2 aliphatic heterocycles. The molecule has 1 spiro atoms. The number of rotatable bonds is 3. The largest absolute Gasteiger partial charge is 0.493 e. The zero-order valence-corrected chi connectivity index (χ0v) is 13.9. The molecule has 0 aromatic rings. The lowest BCUT2D eigenvalue weighted by Gasteiger charge is -2.42. The predicted molar refractivity (Wildman–Crippen MR) is 88.1 cm³/mol. The highest BCUT2D eigenvalue weighted by Gasteiger charge is 2.56. The first kappa shape index (κ1) is 15.3. The Kier molecular flexibility index (Phi) is 3.77. The summed E-state index contributed by atoms with van der Waals surface area (Å²) in [7, 11) is 1.72. The monoisotopic (exact) mass is 317 g/mol. The molecule has 0 saturated heterocycles. The second kappa shape index (κ2) is 5.67. The van der Waals surface area contributed by atoms with Gasteiger partial charge in [0.25, 0.3) is 0 Å². The van der Waals surface area contributed by atoms with E-state index >= 15 is 0 Å². The van der Waals surface area contributed by atoms with Gasteiger partial charge in [-0.25, -0.2) is 0 Å². The first-order valence-electron chi connectivity index (χ1n) is 8.85. The molecule has 1 saturated carbocycles. The average molecular weight is 317 g/mol. The summed E-state index contributed by atoms with van der Waals surface area (Å²) in [4.78, 5) is 5.50. The summed E-state index contributed by atoms with van der Waals surface area (Å²) in [6.45, 7) is 4.73. The van der Waals surface area contributed by atoms with Crippen LogP contribution in [0.25, 0.3) is 0 Å². The fraction of sp³-hybridized carbons (Fsp3) is 0.684. The van der Waals surface area contributed by atoms with Gasteiger partial charge in [-0.3, -0.25) is 9.90 Å². The van der Waals surface area contributed by atoms with Crippen LogP contribution in [0.3, 0.4) is 0 Å². The van der Waals surface area contributed by atoms with Gasteiger partial charge in [0.1, 0.15) is 6.10 Å². The van der Waals surface area contributed by atoms with E-state index in [9.17, 15) is 5.11 Å². The standard InChI is InChI=1S/C19H27NO3/c1-3-4-13-5-6-17-19(11-13)7-8-20(22-2)12-14-9-15(21)10-16(23-17)18(14)19/h3,7-8,13-15,17,21H,1,4-6,9-12H2,2H3/t13?,14?,15-,17?,19?/m1/s1. The van der Waals surface area contributed by atoms with E-state index in [1.165, 1.54) is 12.0 Å². The van der Waals surface area contributed by atoms with Gasteiger partial charge in [-0.1, -0.05) is 12.2 Å². The summed E-state index contributed by atoms with van der Waals surface area (Å²) in [5.74, 6) is 2.06. The minimum atomic E-state index is -0.295. The normalized spacial score (nSPS) is 41.9. The molecule has 2 aliphatic carbocycles. The Labute approximate surface area is 138 Å². The van der Waals surface area contributed by atoms with Crippen LogP contribution < -0.4 is 0 Å². The third kappa shape index (κ3) is 2.34. The molecule has 0 amide bonds. The zero-order chi connectivity index (χ0) is 16.0. The lowest BCUT2D eigenvalue weighted by atomic mass is 9.60. The topological polar surface area (TPSA) is 41.9 Å². The number of ether oxygens (including phenoxy) is 1. The SMILES string of the molecule is C=CCC1CCC2OC3=C4C(C[C@@H](O)C3)CN(OC)C=CC42C1. The number of hydrogen-bond acceptors (Lipinski definition) is 4. The van der Waals surface area contributed by atoms with Crippen molar-refractivity contribution in [2.24, 2.45) is 17.3 Å². The van der Waals surface area contributed by atoms with Crippen LogP contribution >= 0.6 is 0 Å². The van der Waals surface area contributed by atoms with Crippen LogP contribution in [-0.2, 0) is 9.57 Å². The van der Waals surface area contributed by atoms with E-state index in [2.05, 4.69) is 24.9 Å². The number of nitrogens with zero attached hydrogens (tertiary/aromatic N) is 1. The molecule has 0 radical (unpaired) electrons. The number of hydroxylamine groups is 2. The van der Waals surface area contributed by atoms with Crippen molar-refractivity contribution in [3.63, 3.8) is 0 Å². The van der Waals surface area contributed by atoms with Crippen molar-refractivity contribution in [3.05, 3.63) is 36.3 Å². The van der Waals surface area contributed by atoms with Gasteiger partial charge in [0.15, 0.2) is 0 Å². The average Bonchev–Trinajstić information content (AvgIpc) is 2.75. The van der Waals surface area contributed by atoms with Gasteiger partial charge >= 0.3 is 0 Å². The van der Waals surface area contributed by atoms with Crippen molar-refractivity contribution >= 4 is 0 Å². The zero-order valence-electron chi connectivity index (χ0n) is 13.9. The summed E-state index contributed by atoms with van der Waals surface area (Å²) in [5.41, 5.74) is 1.46. The van der Waals surface area contributed by atoms with Gasteiger partial charge < -0.3 is 9.84 Å². The molecular formula is C19H27NO3. The Morgan fingerprint density at radius 2 is 2.39 bits per heavy atom. The number of hydrogen-bond donors (Lipinski definition) is 1. The van der Waals surface area contributed by atoms with E-state index in [1.54, 1.807) is 7.11 Å². The van der Waals surface area contributed by atoms with E-state index in [1.807, 2.05) is 5.06 Å². The van der Waals surface area contributed by atoms with Crippen molar-refractivity contribution in [2.75, 3.05) is 13.7 Å². The highest BCUT2D eigenvalue weighted by atomic mass is 16.7. The Hall–Kier alpha value is -1.26. The second-order valence-electron chi connectivity index (χ2n) is 7.54. The molecule has 4 nitrogen and oxygen atoms in total. The first-order valence-corrected chi connectivity index (χ1v) is 8.85. The van der Waals surface area contributed by atoms with Gasteiger partial charge in [-0.2, -0.15) is 0 Å². The van der Waals surface area contributed by atoms with Crippen molar-refractivity contribution in [2.45, 2.75) is 50.7 Å². The maximum absolute atomic E-state index is 10.3. The van der Waals surface area contributed by atoms with Crippen LogP contribution in [0.5, 0.6) is 0 Å². The van der Waals surface area contributed by atoms with Crippen LogP contribution in [0.2, 0.25) is 0 Å². The summed E-state index contributed by atoms with van der Waals surface area (Å²) >= 11 is 0. The molecule has 4 rings (SSSR count). The Balaban J connectivity index is 1.76. The predicted octanol–water partition coefficient (Wildman–Crippen LogP) is 3.16. The van der Waals surface area contributed by atoms with E-state index in [-0.39, 0.29) is 17.6 Å². The highest BCUT2D eigenvalue weighted by Crippen LogP contribution is 2.59. The van der Waals surface area contributed by atoms with Crippen LogP contribution in [0.4, 0.5) is 0 Å². The van der Waals surface area contributed by atoms with Crippen LogP contribution in [0.15, 0.2) is 36.3 Å². The number of allylic oxidation sites excluding steroid dienone is 1. The van der Waals surface area contributed by atoms with Crippen LogP contribution in [-0.4, -0.2) is 36.0 Å². The minimum absolute atomic E-state index is 0.000648. The van der Waals surface area contributed by atoms with Crippen molar-refractivity contribution < 1.29 is 14.7 Å². The molecule has 1 fully saturated rings. The number of aliphatic hydroxyl groups excluding tert-OH is 1. The van der Waals surface area contributed by atoms with Crippen molar-refractivity contribution in [1.29, 1.82) is 0 Å². The molecule has 0 aromatic carbocycles. The fourth-order valence-electron chi connectivity index (χ4n) is 5.30. The fourth-order valence-corrected chi connectivity index (χ4v) is 5.30. The van der Waals surface area contributed by atoms with Crippen LogP contribution in [0.1, 0.15) is 38.5 Å². The van der Waals surface area contributed by atoms with E-state index in [4.69, 9.17) is 9.57 Å².